The molecule has 3 aromatic rings. The number of hydrogen-bond donors (Lipinski definition) is 1. The van der Waals surface area contributed by atoms with Gasteiger partial charge in [-0.3, -0.25) is 19.5 Å². The first-order chi connectivity index (χ1) is 13.0. The molecule has 0 aliphatic heterocycles. The summed E-state index contributed by atoms with van der Waals surface area (Å²) in [5, 5.41) is 19.6. The molecule has 0 atom stereocenters. The first kappa shape index (κ1) is 17.2. The number of nitro benzene ring substituents is 1. The topological polar surface area (TPSA) is 112 Å². The number of benzene rings is 1. The second kappa shape index (κ2) is 6.80. The fourth-order valence-corrected chi connectivity index (χ4v) is 3.47. The van der Waals surface area contributed by atoms with Crippen molar-refractivity contribution in [3.05, 3.63) is 62.4 Å². The molecule has 9 nitrogen and oxygen atoms in total. The van der Waals surface area contributed by atoms with E-state index in [0.717, 1.165) is 22.4 Å². The number of amides is 1. The fourth-order valence-electron chi connectivity index (χ4n) is 2.76. The Balaban J connectivity index is 1.54. The Bertz CT molecular complexity index is 1050. The summed E-state index contributed by atoms with van der Waals surface area (Å²) in [6.07, 6.45) is 1.86. The Morgan fingerprint density at radius 2 is 2.04 bits per heavy atom. The zero-order valence-corrected chi connectivity index (χ0v) is 14.9. The Hall–Kier alpha value is -3.27. The number of rotatable bonds is 6. The molecule has 1 N–H and O–H groups in total. The van der Waals surface area contributed by atoms with Gasteiger partial charge in [-0.1, -0.05) is 6.07 Å². The summed E-state index contributed by atoms with van der Waals surface area (Å²) in [6, 6.07) is 9.42. The normalized spacial score (nSPS) is 13.5. The van der Waals surface area contributed by atoms with E-state index in [1.807, 2.05) is 17.5 Å². The number of hydrogen-bond acceptors (Lipinski definition) is 6. The standard InChI is InChI=1S/C17H15N5O4S/c23-15(18-11-3-5-13(6-4-11)22(25)26)10-20-17(24)21(12-7-8-12)16(19-20)14-2-1-9-27-14/h1-6,9,12H,7-8,10H2,(H,18,23). The first-order valence-corrected chi connectivity index (χ1v) is 9.18. The van der Waals surface area contributed by atoms with Crippen molar-refractivity contribution in [1.82, 2.24) is 14.3 Å². The molecule has 1 fully saturated rings. The van der Waals surface area contributed by atoms with Gasteiger partial charge in [-0.15, -0.1) is 16.4 Å². The maximum atomic E-state index is 12.7. The number of carbonyl (C=O) groups is 1. The molecule has 1 saturated carbocycles. The molecule has 10 heteroatoms. The van der Waals surface area contributed by atoms with Gasteiger partial charge in [-0.05, 0) is 36.4 Å². The maximum absolute atomic E-state index is 12.7. The lowest BCUT2D eigenvalue weighted by molar-refractivity contribution is -0.384. The van der Waals surface area contributed by atoms with Crippen molar-refractivity contribution in [2.45, 2.75) is 25.4 Å². The molecule has 2 heterocycles. The van der Waals surface area contributed by atoms with Crippen molar-refractivity contribution >= 4 is 28.6 Å². The highest BCUT2D eigenvalue weighted by Gasteiger charge is 2.31. The van der Waals surface area contributed by atoms with Crippen molar-refractivity contribution in [2.75, 3.05) is 5.32 Å². The van der Waals surface area contributed by atoms with Crippen LogP contribution in [0.2, 0.25) is 0 Å². The average molecular weight is 385 g/mol. The summed E-state index contributed by atoms with van der Waals surface area (Å²) in [4.78, 5) is 36.0. The molecule has 1 aliphatic carbocycles. The van der Waals surface area contributed by atoms with Crippen LogP contribution in [0.3, 0.4) is 0 Å². The molecule has 0 bridgehead atoms. The van der Waals surface area contributed by atoms with Crippen LogP contribution in [0.25, 0.3) is 10.7 Å². The first-order valence-electron chi connectivity index (χ1n) is 8.30. The van der Waals surface area contributed by atoms with Gasteiger partial charge in [0.1, 0.15) is 6.54 Å². The van der Waals surface area contributed by atoms with E-state index in [4.69, 9.17) is 0 Å². The Morgan fingerprint density at radius 3 is 2.63 bits per heavy atom. The lowest BCUT2D eigenvalue weighted by Gasteiger charge is -2.04. The van der Waals surface area contributed by atoms with Crippen LogP contribution in [0.15, 0.2) is 46.6 Å². The number of nitrogens with one attached hydrogen (secondary N) is 1. The lowest BCUT2D eigenvalue weighted by atomic mass is 10.3. The Kier molecular flexibility index (Phi) is 4.32. The van der Waals surface area contributed by atoms with Gasteiger partial charge >= 0.3 is 5.69 Å². The van der Waals surface area contributed by atoms with Crippen LogP contribution in [-0.2, 0) is 11.3 Å². The minimum Gasteiger partial charge on any atom is -0.324 e. The van der Waals surface area contributed by atoms with E-state index in [-0.39, 0.29) is 24.0 Å². The maximum Gasteiger partial charge on any atom is 0.346 e. The van der Waals surface area contributed by atoms with E-state index < -0.39 is 10.8 Å². The van der Waals surface area contributed by atoms with Crippen LogP contribution < -0.4 is 11.0 Å². The van der Waals surface area contributed by atoms with Gasteiger partial charge in [0.25, 0.3) is 5.69 Å². The van der Waals surface area contributed by atoms with Crippen LogP contribution in [0.5, 0.6) is 0 Å². The SMILES string of the molecule is O=C(Cn1nc(-c2cccs2)n(C2CC2)c1=O)Nc1ccc([N+](=O)[O-])cc1. The Morgan fingerprint density at radius 1 is 1.30 bits per heavy atom. The second-order valence-electron chi connectivity index (χ2n) is 6.19. The van der Waals surface area contributed by atoms with E-state index >= 15 is 0 Å². The van der Waals surface area contributed by atoms with Crippen molar-refractivity contribution in [2.24, 2.45) is 0 Å². The molecule has 27 heavy (non-hydrogen) atoms. The highest BCUT2D eigenvalue weighted by Crippen LogP contribution is 2.37. The Labute approximate surface area is 157 Å². The zero-order valence-electron chi connectivity index (χ0n) is 14.1. The van der Waals surface area contributed by atoms with Crippen LogP contribution in [0, 0.1) is 10.1 Å². The molecule has 0 saturated heterocycles. The molecule has 2 aromatic heterocycles. The number of nitro groups is 1. The third-order valence-electron chi connectivity index (χ3n) is 4.18. The molecule has 0 spiro atoms. The van der Waals surface area contributed by atoms with E-state index in [1.165, 1.54) is 35.6 Å². The number of aromatic nitrogens is 3. The van der Waals surface area contributed by atoms with Crippen molar-refractivity contribution in [3.63, 3.8) is 0 Å². The van der Waals surface area contributed by atoms with Crippen molar-refractivity contribution < 1.29 is 9.72 Å². The summed E-state index contributed by atoms with van der Waals surface area (Å²) in [7, 11) is 0. The summed E-state index contributed by atoms with van der Waals surface area (Å²) in [5.41, 5.74) is 0.0477. The number of non-ortho nitro benzene ring substituents is 1. The summed E-state index contributed by atoms with van der Waals surface area (Å²) >= 11 is 1.49. The van der Waals surface area contributed by atoms with E-state index in [1.54, 1.807) is 4.57 Å². The van der Waals surface area contributed by atoms with Crippen molar-refractivity contribution in [3.8, 4) is 10.7 Å². The molecule has 0 unspecified atom stereocenters. The number of anilines is 1. The monoisotopic (exact) mass is 385 g/mol. The largest absolute Gasteiger partial charge is 0.346 e. The minimum absolute atomic E-state index is 0.0621. The fraction of sp³-hybridized carbons (Fsp3) is 0.235. The third-order valence-corrected chi connectivity index (χ3v) is 5.05. The van der Waals surface area contributed by atoms with Crippen LogP contribution in [0.4, 0.5) is 11.4 Å². The summed E-state index contributed by atoms with van der Waals surface area (Å²) < 4.78 is 2.82. The van der Waals surface area contributed by atoms with Gasteiger partial charge < -0.3 is 5.32 Å². The summed E-state index contributed by atoms with van der Waals surface area (Å²) in [6.45, 7) is -0.228. The number of thiophene rings is 1. The van der Waals surface area contributed by atoms with E-state index in [2.05, 4.69) is 10.4 Å². The predicted molar refractivity (Wildman–Crippen MR) is 99.8 cm³/mol. The molecular weight excluding hydrogens is 370 g/mol. The number of carbonyl (C=O) groups excluding carboxylic acids is 1. The molecular formula is C17H15N5O4S. The lowest BCUT2D eigenvalue weighted by Crippen LogP contribution is -2.30. The highest BCUT2D eigenvalue weighted by molar-refractivity contribution is 7.13. The van der Waals surface area contributed by atoms with E-state index in [9.17, 15) is 19.7 Å². The number of nitrogens with zero attached hydrogens (tertiary/aromatic N) is 4. The van der Waals surface area contributed by atoms with Gasteiger partial charge in [-0.2, -0.15) is 0 Å². The molecule has 0 radical (unpaired) electrons. The smallest absolute Gasteiger partial charge is 0.324 e. The predicted octanol–water partition coefficient (Wildman–Crippen LogP) is 2.66. The minimum atomic E-state index is -0.512. The quantitative estimate of drug-likeness (QED) is 0.518. The van der Waals surface area contributed by atoms with Crippen LogP contribution >= 0.6 is 11.3 Å². The van der Waals surface area contributed by atoms with Crippen molar-refractivity contribution in [1.29, 1.82) is 0 Å². The third kappa shape index (κ3) is 3.51. The molecule has 1 aromatic carbocycles. The highest BCUT2D eigenvalue weighted by atomic mass is 32.1. The van der Waals surface area contributed by atoms with E-state index in [0.29, 0.717) is 11.5 Å². The summed E-state index contributed by atoms with van der Waals surface area (Å²) in [5.74, 6) is 0.157. The van der Waals surface area contributed by atoms with Gasteiger partial charge in [0.05, 0.1) is 9.80 Å². The molecule has 138 valence electrons. The van der Waals surface area contributed by atoms with Gasteiger partial charge in [0.2, 0.25) is 5.91 Å². The van der Waals surface area contributed by atoms with Crippen LogP contribution in [-0.4, -0.2) is 25.2 Å². The second-order valence-corrected chi connectivity index (χ2v) is 7.14. The zero-order chi connectivity index (χ0) is 19.0. The van der Waals surface area contributed by atoms with Gasteiger partial charge in [0, 0.05) is 23.9 Å². The molecule has 1 aliphatic rings. The average Bonchev–Trinajstić information content (AvgIpc) is 3.22. The molecule has 4 rings (SSSR count). The van der Waals surface area contributed by atoms with Crippen LogP contribution in [0.1, 0.15) is 18.9 Å². The van der Waals surface area contributed by atoms with Gasteiger partial charge in [0.15, 0.2) is 5.82 Å². The molecule has 1 amide bonds. The van der Waals surface area contributed by atoms with Gasteiger partial charge in [-0.25, -0.2) is 9.48 Å².